The second-order valence-corrected chi connectivity index (χ2v) is 3.88. The molecule has 0 atom stereocenters. The van der Waals surface area contributed by atoms with Gasteiger partial charge in [-0.3, -0.25) is 9.59 Å². The minimum absolute atomic E-state index is 0.0270. The van der Waals surface area contributed by atoms with Crippen LogP contribution in [0, 0.1) is 0 Å². The molecule has 5 heteroatoms. The van der Waals surface area contributed by atoms with Gasteiger partial charge in [0.2, 0.25) is 11.8 Å². The van der Waals surface area contributed by atoms with Crippen LogP contribution in [0.15, 0.2) is 24.3 Å². The lowest BCUT2D eigenvalue weighted by molar-refractivity contribution is -0.116. The van der Waals surface area contributed by atoms with Crippen LogP contribution in [0.3, 0.4) is 0 Å². The van der Waals surface area contributed by atoms with Gasteiger partial charge in [-0.2, -0.15) is 0 Å². The first-order valence-electron chi connectivity index (χ1n) is 6.00. The van der Waals surface area contributed by atoms with Crippen molar-refractivity contribution in [3.05, 3.63) is 24.3 Å². The van der Waals surface area contributed by atoms with E-state index in [1.165, 1.54) is 0 Å². The average molecular weight is 249 g/mol. The van der Waals surface area contributed by atoms with Gasteiger partial charge in [-0.1, -0.05) is 6.92 Å². The highest BCUT2D eigenvalue weighted by Gasteiger charge is 2.02. The Morgan fingerprint density at radius 3 is 1.94 bits per heavy atom. The molecule has 0 saturated heterocycles. The second-order valence-electron chi connectivity index (χ2n) is 3.88. The van der Waals surface area contributed by atoms with Crippen molar-refractivity contribution in [2.75, 3.05) is 24.2 Å². The highest BCUT2D eigenvalue weighted by atomic mass is 16.2. The van der Waals surface area contributed by atoms with Gasteiger partial charge >= 0.3 is 0 Å². The van der Waals surface area contributed by atoms with E-state index in [0.29, 0.717) is 19.4 Å². The molecule has 3 N–H and O–H groups in total. The number of nitrogens with one attached hydrogen (secondary N) is 3. The van der Waals surface area contributed by atoms with E-state index in [1.807, 2.05) is 0 Å². The number of anilines is 2. The summed E-state index contributed by atoms with van der Waals surface area (Å²) in [5.41, 5.74) is 1.46. The Bertz CT molecular complexity index is 401. The number of carbonyl (C=O) groups excluding carboxylic acids is 2. The predicted octanol–water partition coefficient (Wildman–Crippen LogP) is 1.58. The fourth-order valence-corrected chi connectivity index (χ4v) is 1.35. The van der Waals surface area contributed by atoms with Gasteiger partial charge in [0.25, 0.3) is 0 Å². The summed E-state index contributed by atoms with van der Waals surface area (Å²) in [5.74, 6) is -0.0597. The summed E-state index contributed by atoms with van der Waals surface area (Å²) in [6.07, 6.45) is 0.882. The van der Waals surface area contributed by atoms with Gasteiger partial charge in [-0.15, -0.1) is 0 Å². The molecule has 0 aromatic heterocycles. The third-order valence-corrected chi connectivity index (χ3v) is 2.38. The zero-order chi connectivity index (χ0) is 13.4. The van der Waals surface area contributed by atoms with Crippen LogP contribution >= 0.6 is 0 Å². The van der Waals surface area contributed by atoms with Crippen LogP contribution in [0.4, 0.5) is 11.4 Å². The minimum Gasteiger partial charge on any atom is -0.326 e. The van der Waals surface area contributed by atoms with Crippen LogP contribution in [0.5, 0.6) is 0 Å². The zero-order valence-corrected chi connectivity index (χ0v) is 10.7. The van der Waals surface area contributed by atoms with Crippen LogP contribution in [0.25, 0.3) is 0 Å². The van der Waals surface area contributed by atoms with E-state index < -0.39 is 0 Å². The molecule has 2 amide bonds. The molecular formula is C13H19N3O2. The van der Waals surface area contributed by atoms with Crippen LogP contribution in [-0.4, -0.2) is 25.4 Å². The molecule has 0 saturated carbocycles. The molecule has 1 aromatic rings. The summed E-state index contributed by atoms with van der Waals surface area (Å²) in [6.45, 7) is 2.45. The average Bonchev–Trinajstić information content (AvgIpc) is 2.38. The van der Waals surface area contributed by atoms with Gasteiger partial charge in [0.05, 0.1) is 0 Å². The standard InChI is InChI=1S/C13H19N3O2/c1-3-12(17)15-10-4-6-11(7-5-10)16-13(18)8-9-14-2/h4-7,14H,3,8-9H2,1-2H3,(H,15,17)(H,16,18). The molecule has 0 aliphatic carbocycles. The van der Waals surface area contributed by atoms with E-state index >= 15 is 0 Å². The number of amides is 2. The van der Waals surface area contributed by atoms with E-state index in [0.717, 1.165) is 11.4 Å². The Kier molecular flexibility index (Phi) is 5.87. The van der Waals surface area contributed by atoms with E-state index in [9.17, 15) is 9.59 Å². The number of hydrogen-bond donors (Lipinski definition) is 3. The van der Waals surface area contributed by atoms with E-state index in [2.05, 4.69) is 16.0 Å². The third kappa shape index (κ3) is 4.97. The molecule has 1 rings (SSSR count). The van der Waals surface area contributed by atoms with Crippen LogP contribution < -0.4 is 16.0 Å². The summed E-state index contributed by atoms with van der Waals surface area (Å²) >= 11 is 0. The summed E-state index contributed by atoms with van der Waals surface area (Å²) < 4.78 is 0. The lowest BCUT2D eigenvalue weighted by Gasteiger charge is -2.07. The summed E-state index contributed by atoms with van der Waals surface area (Å²) in [5, 5.41) is 8.44. The fraction of sp³-hybridized carbons (Fsp3) is 0.385. The Hall–Kier alpha value is -1.88. The second kappa shape index (κ2) is 7.45. The Balaban J connectivity index is 2.49. The van der Waals surface area contributed by atoms with Crippen molar-refractivity contribution in [1.82, 2.24) is 5.32 Å². The molecular weight excluding hydrogens is 230 g/mol. The van der Waals surface area contributed by atoms with Gasteiger partial charge in [0.15, 0.2) is 0 Å². The highest BCUT2D eigenvalue weighted by Crippen LogP contribution is 2.13. The van der Waals surface area contributed by atoms with E-state index in [4.69, 9.17) is 0 Å². The van der Waals surface area contributed by atoms with Gasteiger partial charge < -0.3 is 16.0 Å². The van der Waals surface area contributed by atoms with Crippen molar-refractivity contribution in [2.24, 2.45) is 0 Å². The third-order valence-electron chi connectivity index (χ3n) is 2.38. The molecule has 0 aliphatic heterocycles. The van der Waals surface area contributed by atoms with Gasteiger partial charge in [0.1, 0.15) is 0 Å². The molecule has 0 fully saturated rings. The molecule has 0 radical (unpaired) electrons. The lowest BCUT2D eigenvalue weighted by atomic mass is 10.2. The predicted molar refractivity (Wildman–Crippen MR) is 72.5 cm³/mol. The number of rotatable bonds is 6. The van der Waals surface area contributed by atoms with Crippen molar-refractivity contribution in [3.63, 3.8) is 0 Å². The molecule has 98 valence electrons. The SMILES string of the molecule is CCC(=O)Nc1ccc(NC(=O)CCNC)cc1. The molecule has 0 unspecified atom stereocenters. The molecule has 1 aromatic carbocycles. The highest BCUT2D eigenvalue weighted by molar-refractivity contribution is 5.92. The van der Waals surface area contributed by atoms with E-state index in [-0.39, 0.29) is 11.8 Å². The molecule has 0 spiro atoms. The molecule has 0 heterocycles. The Morgan fingerprint density at radius 2 is 1.50 bits per heavy atom. The molecule has 18 heavy (non-hydrogen) atoms. The largest absolute Gasteiger partial charge is 0.326 e. The van der Waals surface area contributed by atoms with Gasteiger partial charge in [-0.05, 0) is 31.3 Å². The maximum absolute atomic E-state index is 11.5. The van der Waals surface area contributed by atoms with Crippen LogP contribution in [0.1, 0.15) is 19.8 Å². The molecule has 0 bridgehead atoms. The Morgan fingerprint density at radius 1 is 1.00 bits per heavy atom. The minimum atomic E-state index is -0.0327. The maximum Gasteiger partial charge on any atom is 0.225 e. The number of benzene rings is 1. The van der Waals surface area contributed by atoms with Crippen LogP contribution in [-0.2, 0) is 9.59 Å². The number of hydrogen-bond acceptors (Lipinski definition) is 3. The lowest BCUT2D eigenvalue weighted by Crippen LogP contribution is -2.18. The first kappa shape index (κ1) is 14.2. The van der Waals surface area contributed by atoms with Crippen molar-refractivity contribution < 1.29 is 9.59 Å². The molecule has 5 nitrogen and oxygen atoms in total. The normalized spacial score (nSPS) is 9.89. The zero-order valence-electron chi connectivity index (χ0n) is 10.7. The first-order chi connectivity index (χ1) is 8.65. The number of carbonyl (C=O) groups is 2. The molecule has 0 aliphatic rings. The Labute approximate surface area is 107 Å². The van der Waals surface area contributed by atoms with Crippen LogP contribution in [0.2, 0.25) is 0 Å². The van der Waals surface area contributed by atoms with Gasteiger partial charge in [0, 0.05) is 30.8 Å². The first-order valence-corrected chi connectivity index (χ1v) is 6.00. The summed E-state index contributed by atoms with van der Waals surface area (Å²) in [4.78, 5) is 22.6. The smallest absolute Gasteiger partial charge is 0.225 e. The fourth-order valence-electron chi connectivity index (χ4n) is 1.35. The van der Waals surface area contributed by atoms with Crippen molar-refractivity contribution in [3.8, 4) is 0 Å². The topological polar surface area (TPSA) is 70.2 Å². The summed E-state index contributed by atoms with van der Waals surface area (Å²) in [6, 6.07) is 7.06. The van der Waals surface area contributed by atoms with Gasteiger partial charge in [-0.25, -0.2) is 0 Å². The van der Waals surface area contributed by atoms with E-state index in [1.54, 1.807) is 38.2 Å². The maximum atomic E-state index is 11.5. The van der Waals surface area contributed by atoms with Crippen molar-refractivity contribution >= 4 is 23.2 Å². The quantitative estimate of drug-likeness (QED) is 0.717. The van der Waals surface area contributed by atoms with Crippen molar-refractivity contribution in [1.29, 1.82) is 0 Å². The van der Waals surface area contributed by atoms with Crippen molar-refractivity contribution in [2.45, 2.75) is 19.8 Å². The summed E-state index contributed by atoms with van der Waals surface area (Å²) in [7, 11) is 1.80. The monoisotopic (exact) mass is 249 g/mol.